The van der Waals surface area contributed by atoms with Crippen molar-refractivity contribution >= 4 is 35.4 Å². The Morgan fingerprint density at radius 3 is 2.35 bits per heavy atom. The van der Waals surface area contributed by atoms with E-state index in [4.69, 9.17) is 5.11 Å². The van der Waals surface area contributed by atoms with Crippen molar-refractivity contribution in [2.24, 2.45) is 0 Å². The van der Waals surface area contributed by atoms with Gasteiger partial charge in [-0.3, -0.25) is 4.79 Å². The van der Waals surface area contributed by atoms with Crippen LogP contribution in [0, 0.1) is 0 Å². The fraction of sp³-hybridized carbons (Fsp3) is 0.111. The molecule has 2 rings (SSSR count). The van der Waals surface area contributed by atoms with Crippen LogP contribution in [-0.4, -0.2) is 30.3 Å². The van der Waals surface area contributed by atoms with E-state index in [1.54, 1.807) is 49.1 Å². The second-order valence-electron chi connectivity index (χ2n) is 4.82. The van der Waals surface area contributed by atoms with Gasteiger partial charge in [-0.25, -0.2) is 4.79 Å². The Balaban J connectivity index is 2.30. The lowest BCUT2D eigenvalue weighted by Crippen LogP contribution is -2.26. The third-order valence-electron chi connectivity index (χ3n) is 3.35. The van der Waals surface area contributed by atoms with Gasteiger partial charge in [-0.15, -0.1) is 11.8 Å². The molecule has 118 valence electrons. The van der Waals surface area contributed by atoms with Gasteiger partial charge in [0.1, 0.15) is 0 Å². The molecule has 0 unspecified atom stereocenters. The van der Waals surface area contributed by atoms with Gasteiger partial charge in [0, 0.05) is 23.6 Å². The molecule has 4 nitrogen and oxygen atoms in total. The molecule has 2 aromatic carbocycles. The third kappa shape index (κ3) is 4.23. The summed E-state index contributed by atoms with van der Waals surface area (Å²) in [5, 5.41) is 8.77. The van der Waals surface area contributed by atoms with E-state index in [0.717, 1.165) is 11.0 Å². The van der Waals surface area contributed by atoms with Crippen molar-refractivity contribution < 1.29 is 14.7 Å². The number of anilines is 1. The van der Waals surface area contributed by atoms with Gasteiger partial charge in [0.25, 0.3) is 5.91 Å². The van der Waals surface area contributed by atoms with Gasteiger partial charge in [-0.05, 0) is 48.2 Å². The van der Waals surface area contributed by atoms with E-state index in [2.05, 4.69) is 0 Å². The van der Waals surface area contributed by atoms with Crippen LogP contribution in [0.2, 0.25) is 0 Å². The van der Waals surface area contributed by atoms with E-state index in [1.165, 1.54) is 11.0 Å². The molecule has 0 fully saturated rings. The molecule has 1 amide bonds. The van der Waals surface area contributed by atoms with Gasteiger partial charge < -0.3 is 10.0 Å². The Hall–Kier alpha value is -2.53. The normalized spacial score (nSPS) is 10.7. The molecule has 23 heavy (non-hydrogen) atoms. The molecule has 0 spiro atoms. The molecule has 0 aliphatic carbocycles. The average molecular weight is 327 g/mol. The maximum Gasteiger partial charge on any atom is 0.328 e. The fourth-order valence-corrected chi connectivity index (χ4v) is 2.54. The van der Waals surface area contributed by atoms with Crippen LogP contribution >= 0.6 is 11.8 Å². The summed E-state index contributed by atoms with van der Waals surface area (Å²) in [7, 11) is 1.68. The SMILES string of the molecule is CSc1ccc(C(=O)N(C)c2ccccc2/C=C/C(=O)O)cc1. The van der Waals surface area contributed by atoms with E-state index in [1.807, 2.05) is 24.5 Å². The van der Waals surface area contributed by atoms with Crippen molar-refractivity contribution in [3.8, 4) is 0 Å². The molecule has 0 aliphatic rings. The third-order valence-corrected chi connectivity index (χ3v) is 4.09. The van der Waals surface area contributed by atoms with Gasteiger partial charge in [-0.1, -0.05) is 18.2 Å². The molecule has 1 N–H and O–H groups in total. The quantitative estimate of drug-likeness (QED) is 0.670. The molecule has 0 saturated carbocycles. The number of para-hydroxylation sites is 1. The number of nitrogens with zero attached hydrogens (tertiary/aromatic N) is 1. The predicted octanol–water partition coefficient (Wildman–Crippen LogP) is 3.78. The average Bonchev–Trinajstić information content (AvgIpc) is 2.59. The maximum absolute atomic E-state index is 12.6. The Labute approximate surface area is 139 Å². The number of thioether (sulfide) groups is 1. The van der Waals surface area contributed by atoms with Crippen molar-refractivity contribution in [1.82, 2.24) is 0 Å². The van der Waals surface area contributed by atoms with Crippen LogP contribution in [0.4, 0.5) is 5.69 Å². The first-order valence-electron chi connectivity index (χ1n) is 6.95. The molecule has 0 radical (unpaired) electrons. The molecular weight excluding hydrogens is 310 g/mol. The van der Waals surface area contributed by atoms with Crippen LogP contribution in [0.3, 0.4) is 0 Å². The second-order valence-corrected chi connectivity index (χ2v) is 5.70. The number of carbonyl (C=O) groups is 2. The number of benzene rings is 2. The summed E-state index contributed by atoms with van der Waals surface area (Å²) in [4.78, 5) is 25.9. The summed E-state index contributed by atoms with van der Waals surface area (Å²) in [6, 6.07) is 14.6. The number of hydrogen-bond donors (Lipinski definition) is 1. The zero-order chi connectivity index (χ0) is 16.8. The van der Waals surface area contributed by atoms with Crippen molar-refractivity contribution in [2.75, 3.05) is 18.2 Å². The predicted molar refractivity (Wildman–Crippen MR) is 94.1 cm³/mol. The highest BCUT2D eigenvalue weighted by atomic mass is 32.2. The van der Waals surface area contributed by atoms with Gasteiger partial charge in [0.2, 0.25) is 0 Å². The molecular formula is C18H17NO3S. The maximum atomic E-state index is 12.6. The summed E-state index contributed by atoms with van der Waals surface area (Å²) < 4.78 is 0. The monoisotopic (exact) mass is 327 g/mol. The number of rotatable bonds is 5. The molecule has 5 heteroatoms. The van der Waals surface area contributed by atoms with E-state index >= 15 is 0 Å². The number of aliphatic carboxylic acids is 1. The lowest BCUT2D eigenvalue weighted by molar-refractivity contribution is -0.131. The van der Waals surface area contributed by atoms with Crippen molar-refractivity contribution in [1.29, 1.82) is 0 Å². The highest BCUT2D eigenvalue weighted by Gasteiger charge is 2.15. The Bertz CT molecular complexity index is 738. The minimum Gasteiger partial charge on any atom is -0.478 e. The second kappa shape index (κ2) is 7.65. The molecule has 0 saturated heterocycles. The molecule has 0 atom stereocenters. The molecule has 0 aliphatic heterocycles. The Morgan fingerprint density at radius 2 is 1.74 bits per heavy atom. The van der Waals surface area contributed by atoms with E-state index in [0.29, 0.717) is 16.8 Å². The van der Waals surface area contributed by atoms with Crippen LogP contribution in [0.1, 0.15) is 15.9 Å². The largest absolute Gasteiger partial charge is 0.478 e. The van der Waals surface area contributed by atoms with Crippen molar-refractivity contribution in [3.63, 3.8) is 0 Å². The van der Waals surface area contributed by atoms with Crippen LogP contribution in [0.5, 0.6) is 0 Å². The number of amides is 1. The number of carboxylic acids is 1. The van der Waals surface area contributed by atoms with Crippen LogP contribution in [0.15, 0.2) is 59.5 Å². The minimum atomic E-state index is -1.03. The first-order valence-corrected chi connectivity index (χ1v) is 8.17. The standard InChI is InChI=1S/C18H17NO3S/c1-19(18(22)14-7-10-15(23-2)11-8-14)16-6-4-3-5-13(16)9-12-17(20)21/h3-12H,1-2H3,(H,20,21)/b12-9+. The summed E-state index contributed by atoms with van der Waals surface area (Å²) in [6.07, 6.45) is 4.52. The van der Waals surface area contributed by atoms with Gasteiger partial charge in [0.15, 0.2) is 0 Å². The molecule has 0 aromatic heterocycles. The van der Waals surface area contributed by atoms with Gasteiger partial charge in [0.05, 0.1) is 5.69 Å². The molecule has 0 heterocycles. The summed E-state index contributed by atoms with van der Waals surface area (Å²) >= 11 is 1.62. The summed E-state index contributed by atoms with van der Waals surface area (Å²) in [5.74, 6) is -1.17. The van der Waals surface area contributed by atoms with E-state index in [9.17, 15) is 9.59 Å². The van der Waals surface area contributed by atoms with Crippen LogP contribution in [0.25, 0.3) is 6.08 Å². The number of carbonyl (C=O) groups excluding carboxylic acids is 1. The van der Waals surface area contributed by atoms with Crippen LogP contribution in [-0.2, 0) is 4.79 Å². The first kappa shape index (κ1) is 16.8. The Morgan fingerprint density at radius 1 is 1.09 bits per heavy atom. The lowest BCUT2D eigenvalue weighted by Gasteiger charge is -2.19. The minimum absolute atomic E-state index is 0.145. The zero-order valence-corrected chi connectivity index (χ0v) is 13.7. The molecule has 2 aromatic rings. The summed E-state index contributed by atoms with van der Waals surface area (Å²) in [6.45, 7) is 0. The smallest absolute Gasteiger partial charge is 0.328 e. The van der Waals surface area contributed by atoms with Crippen LogP contribution < -0.4 is 4.90 Å². The topological polar surface area (TPSA) is 57.6 Å². The van der Waals surface area contributed by atoms with E-state index < -0.39 is 5.97 Å². The van der Waals surface area contributed by atoms with Crippen molar-refractivity contribution in [3.05, 3.63) is 65.7 Å². The lowest BCUT2D eigenvalue weighted by atomic mass is 10.1. The number of carboxylic acid groups (broad SMARTS) is 1. The highest BCUT2D eigenvalue weighted by molar-refractivity contribution is 7.98. The fourth-order valence-electron chi connectivity index (χ4n) is 2.13. The van der Waals surface area contributed by atoms with Gasteiger partial charge >= 0.3 is 5.97 Å². The first-order chi connectivity index (χ1) is 11.0. The zero-order valence-electron chi connectivity index (χ0n) is 12.9. The van der Waals surface area contributed by atoms with Gasteiger partial charge in [-0.2, -0.15) is 0 Å². The number of hydrogen-bond acceptors (Lipinski definition) is 3. The molecule has 0 bridgehead atoms. The highest BCUT2D eigenvalue weighted by Crippen LogP contribution is 2.23. The summed E-state index contributed by atoms with van der Waals surface area (Å²) in [5.41, 5.74) is 1.91. The Kier molecular flexibility index (Phi) is 5.60. The van der Waals surface area contributed by atoms with Crippen molar-refractivity contribution in [2.45, 2.75) is 4.90 Å². The van der Waals surface area contributed by atoms with E-state index in [-0.39, 0.29) is 5.91 Å².